The average molecular weight is 459 g/mol. The van der Waals surface area contributed by atoms with Crippen LogP contribution in [0.1, 0.15) is 29.2 Å². The summed E-state index contributed by atoms with van der Waals surface area (Å²) in [6, 6.07) is 18.5. The lowest BCUT2D eigenvalue weighted by Gasteiger charge is -2.28. The number of imidazole rings is 1. The second-order valence-electron chi connectivity index (χ2n) is 8.35. The lowest BCUT2D eigenvalue weighted by atomic mass is 9.97. The minimum Gasteiger partial charge on any atom is -0.310 e. The summed E-state index contributed by atoms with van der Waals surface area (Å²) >= 11 is 0. The van der Waals surface area contributed by atoms with Gasteiger partial charge in [-0.25, -0.2) is 4.79 Å². The second kappa shape index (κ2) is 8.56. The maximum atomic E-state index is 13.5. The normalized spacial score (nSPS) is 15.2. The van der Waals surface area contributed by atoms with E-state index < -0.39 is 9.85 Å². The van der Waals surface area contributed by atoms with Crippen molar-refractivity contribution in [1.29, 1.82) is 0 Å². The quantitative estimate of drug-likeness (QED) is 0.331. The molecule has 1 N–H and O–H groups in total. The number of rotatable bonds is 7. The standard InChI is InChI=1S/C24H21N5O5/c30-24-26(14-16-1-6-19(7-2-16)28(31)32)22-10-5-18(21-11-12-25-21)13-23(22)27(24)15-17-3-8-20(9-4-17)29(33)34/h1-10,13,21,25H,11-12,14-15H2. The first-order valence-corrected chi connectivity index (χ1v) is 10.8. The Hall–Kier alpha value is -4.31. The average Bonchev–Trinajstić information content (AvgIpc) is 3.04. The molecule has 1 fully saturated rings. The Bertz CT molecular complexity index is 1450. The van der Waals surface area contributed by atoms with Crippen molar-refractivity contribution in [2.45, 2.75) is 25.6 Å². The zero-order valence-corrected chi connectivity index (χ0v) is 18.1. The van der Waals surface area contributed by atoms with E-state index in [1.54, 1.807) is 33.4 Å². The zero-order valence-electron chi connectivity index (χ0n) is 18.1. The number of benzene rings is 3. The molecule has 1 aliphatic heterocycles. The van der Waals surface area contributed by atoms with Crippen LogP contribution in [-0.2, 0) is 13.1 Å². The molecule has 0 amide bonds. The predicted octanol–water partition coefficient (Wildman–Crippen LogP) is 3.75. The molecule has 2 heterocycles. The molecule has 1 saturated heterocycles. The van der Waals surface area contributed by atoms with Crippen molar-refractivity contribution in [3.63, 3.8) is 0 Å². The predicted molar refractivity (Wildman–Crippen MR) is 126 cm³/mol. The molecule has 1 unspecified atom stereocenters. The summed E-state index contributed by atoms with van der Waals surface area (Å²) in [6.07, 6.45) is 1.03. The summed E-state index contributed by atoms with van der Waals surface area (Å²) in [5.41, 5.74) is 3.95. The fraction of sp³-hybridized carbons (Fsp3) is 0.208. The van der Waals surface area contributed by atoms with E-state index in [2.05, 4.69) is 5.32 Å². The van der Waals surface area contributed by atoms with Crippen molar-refractivity contribution in [2.75, 3.05) is 6.54 Å². The minimum absolute atomic E-state index is 0.00459. The molecule has 3 aromatic carbocycles. The van der Waals surface area contributed by atoms with Crippen LogP contribution in [-0.4, -0.2) is 25.5 Å². The topological polar surface area (TPSA) is 125 Å². The highest BCUT2D eigenvalue weighted by atomic mass is 16.6. The maximum Gasteiger partial charge on any atom is 0.329 e. The third-order valence-corrected chi connectivity index (χ3v) is 6.24. The summed E-state index contributed by atoms with van der Waals surface area (Å²) in [5, 5.41) is 25.3. The third-order valence-electron chi connectivity index (χ3n) is 6.24. The van der Waals surface area contributed by atoms with Crippen LogP contribution in [0.3, 0.4) is 0 Å². The van der Waals surface area contributed by atoms with E-state index in [1.165, 1.54) is 24.3 Å². The Kier molecular flexibility index (Phi) is 5.42. The molecule has 0 aliphatic carbocycles. The molecule has 1 aromatic heterocycles. The van der Waals surface area contributed by atoms with Gasteiger partial charge in [-0.05, 0) is 41.8 Å². The van der Waals surface area contributed by atoms with E-state index in [4.69, 9.17) is 0 Å². The van der Waals surface area contributed by atoms with Crippen molar-refractivity contribution in [1.82, 2.24) is 14.5 Å². The van der Waals surface area contributed by atoms with Crippen LogP contribution in [0, 0.1) is 20.2 Å². The van der Waals surface area contributed by atoms with Crippen LogP contribution in [0.2, 0.25) is 0 Å². The molecule has 10 heteroatoms. The maximum absolute atomic E-state index is 13.5. The van der Waals surface area contributed by atoms with Crippen molar-refractivity contribution in [3.8, 4) is 0 Å². The largest absolute Gasteiger partial charge is 0.329 e. The monoisotopic (exact) mass is 459 g/mol. The number of aromatic nitrogens is 2. The van der Waals surface area contributed by atoms with E-state index in [1.807, 2.05) is 18.2 Å². The van der Waals surface area contributed by atoms with Crippen molar-refractivity contribution >= 4 is 22.4 Å². The van der Waals surface area contributed by atoms with E-state index in [0.29, 0.717) is 0 Å². The van der Waals surface area contributed by atoms with Crippen molar-refractivity contribution in [2.24, 2.45) is 0 Å². The lowest BCUT2D eigenvalue weighted by Crippen LogP contribution is -2.34. The van der Waals surface area contributed by atoms with Gasteiger partial charge in [-0.2, -0.15) is 0 Å². The van der Waals surface area contributed by atoms with Gasteiger partial charge in [-0.1, -0.05) is 30.3 Å². The number of nitrogens with one attached hydrogen (secondary N) is 1. The first-order chi connectivity index (χ1) is 16.4. The summed E-state index contributed by atoms with van der Waals surface area (Å²) < 4.78 is 3.32. The molecule has 0 radical (unpaired) electrons. The van der Waals surface area contributed by atoms with Gasteiger partial charge >= 0.3 is 5.69 Å². The molecule has 4 aromatic rings. The first kappa shape index (κ1) is 21.5. The van der Waals surface area contributed by atoms with Gasteiger partial charge in [0.2, 0.25) is 0 Å². The van der Waals surface area contributed by atoms with Crippen LogP contribution >= 0.6 is 0 Å². The Balaban J connectivity index is 1.56. The summed E-state index contributed by atoms with van der Waals surface area (Å²) in [6.45, 7) is 1.49. The molecule has 0 saturated carbocycles. The Morgan fingerprint density at radius 1 is 0.794 bits per heavy atom. The number of fused-ring (bicyclic) bond motifs is 1. The van der Waals surface area contributed by atoms with Gasteiger partial charge < -0.3 is 5.32 Å². The second-order valence-corrected chi connectivity index (χ2v) is 8.35. The van der Waals surface area contributed by atoms with Gasteiger partial charge in [0.25, 0.3) is 11.4 Å². The molecule has 0 spiro atoms. The molecule has 5 rings (SSSR count). The molecule has 1 atom stereocenters. The molecular weight excluding hydrogens is 438 g/mol. The zero-order chi connectivity index (χ0) is 23.8. The van der Waals surface area contributed by atoms with Crippen LogP contribution in [0.25, 0.3) is 11.0 Å². The third kappa shape index (κ3) is 3.95. The number of nitrogens with zero attached hydrogens (tertiary/aromatic N) is 4. The first-order valence-electron chi connectivity index (χ1n) is 10.8. The van der Waals surface area contributed by atoms with E-state index >= 15 is 0 Å². The van der Waals surface area contributed by atoms with E-state index in [0.717, 1.165) is 40.7 Å². The summed E-state index contributed by atoms with van der Waals surface area (Å²) in [5.74, 6) is 0. The smallest absolute Gasteiger partial charge is 0.310 e. The fourth-order valence-corrected chi connectivity index (χ4v) is 4.24. The molecule has 0 bridgehead atoms. The van der Waals surface area contributed by atoms with Gasteiger partial charge in [-0.3, -0.25) is 29.4 Å². The molecule has 172 valence electrons. The lowest BCUT2D eigenvalue weighted by molar-refractivity contribution is -0.385. The molecule has 10 nitrogen and oxygen atoms in total. The molecule has 34 heavy (non-hydrogen) atoms. The van der Waals surface area contributed by atoms with Gasteiger partial charge in [-0.15, -0.1) is 0 Å². The Labute approximate surface area is 193 Å². The van der Waals surface area contributed by atoms with E-state index in [9.17, 15) is 25.0 Å². The van der Waals surface area contributed by atoms with Gasteiger partial charge in [0, 0.05) is 30.3 Å². The van der Waals surface area contributed by atoms with Crippen LogP contribution < -0.4 is 11.0 Å². The number of nitro groups is 2. The van der Waals surface area contributed by atoms with Gasteiger partial charge in [0.1, 0.15) is 0 Å². The minimum atomic E-state index is -0.456. The SMILES string of the molecule is O=c1n(Cc2ccc([N+](=O)[O-])cc2)c2ccc(C3CCN3)cc2n1Cc1ccc([N+](=O)[O-])cc1. The highest BCUT2D eigenvalue weighted by Crippen LogP contribution is 2.27. The number of hydrogen-bond donors (Lipinski definition) is 1. The van der Waals surface area contributed by atoms with Gasteiger partial charge in [0.05, 0.1) is 34.0 Å². The van der Waals surface area contributed by atoms with Crippen LogP contribution in [0.5, 0.6) is 0 Å². The number of nitro benzene ring substituents is 2. The highest BCUT2D eigenvalue weighted by Gasteiger charge is 2.21. The van der Waals surface area contributed by atoms with Gasteiger partial charge in [0.15, 0.2) is 0 Å². The number of non-ortho nitro benzene ring substituents is 2. The van der Waals surface area contributed by atoms with Crippen LogP contribution in [0.4, 0.5) is 11.4 Å². The Morgan fingerprint density at radius 2 is 1.29 bits per heavy atom. The Morgan fingerprint density at radius 3 is 1.74 bits per heavy atom. The molecule has 1 aliphatic rings. The van der Waals surface area contributed by atoms with E-state index in [-0.39, 0.29) is 36.2 Å². The summed E-state index contributed by atoms with van der Waals surface area (Å²) in [4.78, 5) is 34.5. The molecular formula is C24H21N5O5. The highest BCUT2D eigenvalue weighted by molar-refractivity contribution is 5.77. The fourth-order valence-electron chi connectivity index (χ4n) is 4.24. The van der Waals surface area contributed by atoms with Crippen molar-refractivity contribution < 1.29 is 9.85 Å². The van der Waals surface area contributed by atoms with Crippen LogP contribution in [0.15, 0.2) is 71.5 Å². The number of hydrogen-bond acceptors (Lipinski definition) is 6. The van der Waals surface area contributed by atoms with Crippen molar-refractivity contribution in [3.05, 3.63) is 114 Å². The summed E-state index contributed by atoms with van der Waals surface area (Å²) in [7, 11) is 0.